The molecule has 0 radical (unpaired) electrons. The summed E-state index contributed by atoms with van der Waals surface area (Å²) < 4.78 is 0. The van der Waals surface area contributed by atoms with Crippen LogP contribution < -0.4 is 11.1 Å². The molecule has 0 saturated heterocycles. The predicted octanol–water partition coefficient (Wildman–Crippen LogP) is 3.01. The molecule has 2 aromatic rings. The van der Waals surface area contributed by atoms with Crippen LogP contribution in [-0.2, 0) is 4.79 Å². The second-order valence-corrected chi connectivity index (χ2v) is 4.95. The van der Waals surface area contributed by atoms with Gasteiger partial charge in [-0.05, 0) is 17.7 Å². The monoisotopic (exact) mass is 289 g/mol. The molecule has 1 aromatic carbocycles. The zero-order valence-electron chi connectivity index (χ0n) is 11.1. The van der Waals surface area contributed by atoms with Gasteiger partial charge >= 0.3 is 0 Å². The van der Waals surface area contributed by atoms with Crippen molar-refractivity contribution in [2.24, 2.45) is 11.7 Å². The lowest BCUT2D eigenvalue weighted by atomic mass is 9.95. The molecule has 0 fully saturated rings. The number of halogens is 1. The van der Waals surface area contributed by atoms with Crippen molar-refractivity contribution in [3.8, 4) is 0 Å². The number of nitrogens with one attached hydrogen (secondary N) is 1. The third-order valence-corrected chi connectivity index (χ3v) is 3.31. The number of nitrogens with two attached hydrogens (primary N) is 1. The van der Waals surface area contributed by atoms with Gasteiger partial charge in [0.15, 0.2) is 0 Å². The van der Waals surface area contributed by atoms with Crippen LogP contribution in [0, 0.1) is 5.92 Å². The summed E-state index contributed by atoms with van der Waals surface area (Å²) in [6.45, 7) is 1.79. The van der Waals surface area contributed by atoms with Crippen LogP contribution in [0.3, 0.4) is 0 Å². The van der Waals surface area contributed by atoms with Crippen molar-refractivity contribution in [2.45, 2.75) is 13.0 Å². The zero-order chi connectivity index (χ0) is 14.5. The Balaban J connectivity index is 2.05. The van der Waals surface area contributed by atoms with Gasteiger partial charge in [-0.2, -0.15) is 0 Å². The SMILES string of the molecule is CC(C(=O)Nc1cccc(Cl)n1)C(N)c1ccccc1. The average molecular weight is 290 g/mol. The van der Waals surface area contributed by atoms with E-state index in [1.807, 2.05) is 30.3 Å². The molecule has 2 atom stereocenters. The van der Waals surface area contributed by atoms with Gasteiger partial charge in [0.2, 0.25) is 5.91 Å². The molecule has 0 bridgehead atoms. The molecule has 0 spiro atoms. The molecule has 0 saturated carbocycles. The van der Waals surface area contributed by atoms with Crippen LogP contribution in [0.4, 0.5) is 5.82 Å². The molecule has 2 unspecified atom stereocenters. The van der Waals surface area contributed by atoms with Gasteiger partial charge in [0.1, 0.15) is 11.0 Å². The first kappa shape index (κ1) is 14.5. The van der Waals surface area contributed by atoms with E-state index in [1.165, 1.54) is 0 Å². The Labute approximate surface area is 123 Å². The number of hydrogen-bond acceptors (Lipinski definition) is 3. The number of rotatable bonds is 4. The number of benzene rings is 1. The van der Waals surface area contributed by atoms with Gasteiger partial charge in [-0.3, -0.25) is 4.79 Å². The van der Waals surface area contributed by atoms with Gasteiger partial charge in [0.05, 0.1) is 5.92 Å². The van der Waals surface area contributed by atoms with Crippen molar-refractivity contribution in [3.05, 3.63) is 59.2 Å². The fraction of sp³-hybridized carbons (Fsp3) is 0.200. The first-order valence-corrected chi connectivity index (χ1v) is 6.69. The van der Waals surface area contributed by atoms with Gasteiger partial charge < -0.3 is 11.1 Å². The average Bonchev–Trinajstić information content (AvgIpc) is 2.46. The summed E-state index contributed by atoms with van der Waals surface area (Å²) in [5, 5.41) is 3.05. The summed E-state index contributed by atoms with van der Waals surface area (Å²) in [6.07, 6.45) is 0. The van der Waals surface area contributed by atoms with Crippen LogP contribution in [0.5, 0.6) is 0 Å². The summed E-state index contributed by atoms with van der Waals surface area (Å²) in [6, 6.07) is 14.2. The minimum atomic E-state index is -0.377. The largest absolute Gasteiger partial charge is 0.323 e. The van der Waals surface area contributed by atoms with E-state index in [0.29, 0.717) is 11.0 Å². The fourth-order valence-corrected chi connectivity index (χ4v) is 2.01. The molecule has 104 valence electrons. The number of amides is 1. The third kappa shape index (κ3) is 3.56. The third-order valence-electron chi connectivity index (χ3n) is 3.10. The highest BCUT2D eigenvalue weighted by atomic mass is 35.5. The molecule has 5 heteroatoms. The minimum Gasteiger partial charge on any atom is -0.323 e. The fourth-order valence-electron chi connectivity index (χ4n) is 1.84. The standard InChI is InChI=1S/C15H16ClN3O/c1-10(14(17)11-6-3-2-4-7-11)15(20)19-13-9-5-8-12(16)18-13/h2-10,14H,17H2,1H3,(H,18,19,20). The molecule has 3 N–H and O–H groups in total. The van der Waals surface area contributed by atoms with Crippen molar-refractivity contribution in [1.29, 1.82) is 0 Å². The molecule has 0 aliphatic rings. The quantitative estimate of drug-likeness (QED) is 0.850. The summed E-state index contributed by atoms with van der Waals surface area (Å²) in [7, 11) is 0. The number of nitrogens with zero attached hydrogens (tertiary/aromatic N) is 1. The van der Waals surface area contributed by atoms with E-state index in [-0.39, 0.29) is 17.9 Å². The molecular formula is C15H16ClN3O. The zero-order valence-corrected chi connectivity index (χ0v) is 11.8. The first-order chi connectivity index (χ1) is 9.58. The van der Waals surface area contributed by atoms with Crippen LogP contribution in [-0.4, -0.2) is 10.9 Å². The van der Waals surface area contributed by atoms with Crippen molar-refractivity contribution >= 4 is 23.3 Å². The summed E-state index contributed by atoms with van der Waals surface area (Å²) in [4.78, 5) is 16.2. The van der Waals surface area contributed by atoms with Crippen molar-refractivity contribution in [1.82, 2.24) is 4.98 Å². The van der Waals surface area contributed by atoms with E-state index in [1.54, 1.807) is 25.1 Å². The Morgan fingerprint density at radius 1 is 1.20 bits per heavy atom. The van der Waals surface area contributed by atoms with E-state index >= 15 is 0 Å². The number of anilines is 1. The van der Waals surface area contributed by atoms with Crippen LogP contribution >= 0.6 is 11.6 Å². The molecule has 1 aromatic heterocycles. The van der Waals surface area contributed by atoms with E-state index in [4.69, 9.17) is 17.3 Å². The topological polar surface area (TPSA) is 68.0 Å². The predicted molar refractivity (Wildman–Crippen MR) is 80.4 cm³/mol. The first-order valence-electron chi connectivity index (χ1n) is 6.32. The number of carbonyl (C=O) groups excluding carboxylic acids is 1. The van der Waals surface area contributed by atoms with Gasteiger partial charge in [0, 0.05) is 6.04 Å². The summed E-state index contributed by atoms with van der Waals surface area (Å²) in [5.41, 5.74) is 7.04. The van der Waals surface area contributed by atoms with E-state index in [2.05, 4.69) is 10.3 Å². The maximum absolute atomic E-state index is 12.2. The maximum Gasteiger partial charge on any atom is 0.230 e. The number of carbonyl (C=O) groups is 1. The van der Waals surface area contributed by atoms with Crippen LogP contribution in [0.1, 0.15) is 18.5 Å². The maximum atomic E-state index is 12.2. The van der Waals surface area contributed by atoms with Crippen LogP contribution in [0.25, 0.3) is 0 Å². The highest BCUT2D eigenvalue weighted by Crippen LogP contribution is 2.20. The Kier molecular flexibility index (Phi) is 4.71. The molecule has 1 heterocycles. The van der Waals surface area contributed by atoms with Gasteiger partial charge in [-0.1, -0.05) is 54.9 Å². The molecule has 4 nitrogen and oxygen atoms in total. The molecule has 0 aliphatic carbocycles. The molecular weight excluding hydrogens is 274 g/mol. The highest BCUT2D eigenvalue weighted by Gasteiger charge is 2.22. The Morgan fingerprint density at radius 3 is 2.55 bits per heavy atom. The van der Waals surface area contributed by atoms with Gasteiger partial charge in [0.25, 0.3) is 0 Å². The lowest BCUT2D eigenvalue weighted by Gasteiger charge is -2.19. The lowest BCUT2D eigenvalue weighted by molar-refractivity contribution is -0.120. The Morgan fingerprint density at radius 2 is 1.90 bits per heavy atom. The summed E-state index contributed by atoms with van der Waals surface area (Å²) in [5.74, 6) is -0.135. The molecule has 2 rings (SSSR count). The normalized spacial score (nSPS) is 13.6. The van der Waals surface area contributed by atoms with E-state index < -0.39 is 0 Å². The van der Waals surface area contributed by atoms with Crippen molar-refractivity contribution in [3.63, 3.8) is 0 Å². The number of aromatic nitrogens is 1. The molecule has 20 heavy (non-hydrogen) atoms. The van der Waals surface area contributed by atoms with Crippen LogP contribution in [0.15, 0.2) is 48.5 Å². The second kappa shape index (κ2) is 6.50. The van der Waals surface area contributed by atoms with Crippen molar-refractivity contribution < 1.29 is 4.79 Å². The molecule has 1 amide bonds. The minimum absolute atomic E-state index is 0.184. The van der Waals surface area contributed by atoms with Crippen LogP contribution in [0.2, 0.25) is 5.15 Å². The molecule has 0 aliphatic heterocycles. The van der Waals surface area contributed by atoms with E-state index in [0.717, 1.165) is 5.56 Å². The summed E-state index contributed by atoms with van der Waals surface area (Å²) >= 11 is 5.78. The number of pyridine rings is 1. The lowest BCUT2D eigenvalue weighted by Crippen LogP contribution is -2.30. The second-order valence-electron chi connectivity index (χ2n) is 4.56. The number of hydrogen-bond donors (Lipinski definition) is 2. The smallest absolute Gasteiger partial charge is 0.230 e. The van der Waals surface area contributed by atoms with Gasteiger partial charge in [-0.15, -0.1) is 0 Å². The van der Waals surface area contributed by atoms with E-state index in [9.17, 15) is 4.79 Å². The van der Waals surface area contributed by atoms with Crippen molar-refractivity contribution in [2.75, 3.05) is 5.32 Å². The highest BCUT2D eigenvalue weighted by molar-refractivity contribution is 6.29. The Hall–Kier alpha value is -1.91. The Bertz CT molecular complexity index is 589. The van der Waals surface area contributed by atoms with Gasteiger partial charge in [-0.25, -0.2) is 4.98 Å².